The number of likely N-dealkylation sites (N-methyl/N-ethyl adjacent to an activating group) is 1. The number of ether oxygens (including phenoxy) is 1. The summed E-state index contributed by atoms with van der Waals surface area (Å²) in [6.07, 6.45) is -18.0. The molecule has 0 saturated heterocycles. The van der Waals surface area contributed by atoms with Crippen LogP contribution in [-0.2, 0) is 9.53 Å². The summed E-state index contributed by atoms with van der Waals surface area (Å²) in [5, 5.41) is 0. The largest absolute Gasteiger partial charge is 0.459 e. The van der Waals surface area contributed by atoms with Crippen LogP contribution in [0.4, 0.5) is 61.5 Å². The molecule has 1 unspecified atom stereocenters. The zero-order valence-electron chi connectivity index (χ0n) is 15.8. The SMILES string of the molecule is C[N+](C)(C)CCOC(=O)C(CC(F)(F)C(F)(F)C(F)(F)F)C(F)(F)C(F)(F)C(F)(F)F. The Hall–Kier alpha value is -1.55. The molecule has 0 N–H and O–H groups in total. The molecule has 0 saturated carbocycles. The monoisotopic (exact) mass is 496 g/mol. The molecule has 0 aliphatic rings. The van der Waals surface area contributed by atoms with Crippen molar-refractivity contribution in [3.8, 4) is 0 Å². The summed E-state index contributed by atoms with van der Waals surface area (Å²) in [4.78, 5) is 11.6. The lowest BCUT2D eigenvalue weighted by atomic mass is 9.87. The van der Waals surface area contributed by atoms with E-state index in [0.29, 0.717) is 0 Å². The molecule has 0 radical (unpaired) electrons. The summed E-state index contributed by atoms with van der Waals surface area (Å²) in [6.45, 7) is -1.40. The van der Waals surface area contributed by atoms with Crippen molar-refractivity contribution in [3.05, 3.63) is 0 Å². The van der Waals surface area contributed by atoms with Gasteiger partial charge in [0.2, 0.25) is 0 Å². The molecule has 0 aromatic carbocycles. The van der Waals surface area contributed by atoms with Gasteiger partial charge in [0.15, 0.2) is 0 Å². The Kier molecular flexibility index (Phi) is 8.00. The van der Waals surface area contributed by atoms with E-state index in [0.717, 1.165) is 0 Å². The number of nitrogens with zero attached hydrogens (tertiary/aromatic N) is 1. The van der Waals surface area contributed by atoms with E-state index in [-0.39, 0.29) is 11.0 Å². The van der Waals surface area contributed by atoms with Crippen molar-refractivity contribution >= 4 is 5.97 Å². The van der Waals surface area contributed by atoms with Gasteiger partial charge in [0.25, 0.3) is 0 Å². The highest BCUT2D eigenvalue weighted by molar-refractivity contribution is 5.74. The number of alkyl halides is 14. The Balaban J connectivity index is 6.27. The number of carbonyl (C=O) groups is 1. The number of hydrogen-bond donors (Lipinski definition) is 0. The van der Waals surface area contributed by atoms with E-state index in [9.17, 15) is 66.3 Å². The second kappa shape index (κ2) is 8.42. The minimum absolute atomic E-state index is 0.143. The van der Waals surface area contributed by atoms with Gasteiger partial charge in [-0.05, 0) is 0 Å². The van der Waals surface area contributed by atoms with Crippen molar-refractivity contribution in [2.75, 3.05) is 34.3 Å². The molecular formula is C14H16F14NO2+. The highest BCUT2D eigenvalue weighted by atomic mass is 19.4. The van der Waals surface area contributed by atoms with E-state index in [4.69, 9.17) is 0 Å². The number of hydrogen-bond acceptors (Lipinski definition) is 2. The van der Waals surface area contributed by atoms with E-state index in [1.807, 2.05) is 0 Å². The van der Waals surface area contributed by atoms with Crippen LogP contribution < -0.4 is 0 Å². The van der Waals surface area contributed by atoms with Crippen molar-refractivity contribution in [3.63, 3.8) is 0 Å². The molecule has 0 bridgehead atoms. The summed E-state index contributed by atoms with van der Waals surface area (Å²) in [5.74, 6) is -35.6. The third kappa shape index (κ3) is 6.25. The van der Waals surface area contributed by atoms with Crippen LogP contribution in [0.3, 0.4) is 0 Å². The minimum atomic E-state index is -7.26. The van der Waals surface area contributed by atoms with Crippen LogP contribution in [0.25, 0.3) is 0 Å². The van der Waals surface area contributed by atoms with Crippen molar-refractivity contribution in [1.29, 1.82) is 0 Å². The molecule has 186 valence electrons. The molecule has 0 amide bonds. The number of rotatable bonds is 9. The lowest BCUT2D eigenvalue weighted by Crippen LogP contribution is -2.60. The Morgan fingerprint density at radius 2 is 1.13 bits per heavy atom. The van der Waals surface area contributed by atoms with Gasteiger partial charge in [-0.2, -0.15) is 61.5 Å². The molecule has 0 aliphatic carbocycles. The van der Waals surface area contributed by atoms with Gasteiger partial charge in [-0.15, -0.1) is 0 Å². The minimum Gasteiger partial charge on any atom is -0.459 e. The van der Waals surface area contributed by atoms with Gasteiger partial charge < -0.3 is 9.22 Å². The smallest absolute Gasteiger partial charge is 0.459 e. The second-order valence-corrected chi connectivity index (χ2v) is 7.41. The standard InChI is InChI=1S/C14H16F14NO2/c1-29(2,3)4-5-31-8(30)7(10(17,18)12(21,22)14(26,27)28)6-9(15,16)11(19,20)13(23,24)25/h7H,4-6H2,1-3H3/q+1. The first-order valence-corrected chi connectivity index (χ1v) is 7.84. The molecule has 0 aromatic rings. The lowest BCUT2D eigenvalue weighted by Gasteiger charge is -2.36. The molecule has 0 aromatic heterocycles. The van der Waals surface area contributed by atoms with Crippen LogP contribution in [0.1, 0.15) is 6.42 Å². The highest BCUT2D eigenvalue weighted by Gasteiger charge is 2.80. The molecule has 0 rings (SSSR count). The highest BCUT2D eigenvalue weighted by Crippen LogP contribution is 2.55. The van der Waals surface area contributed by atoms with Crippen LogP contribution in [-0.4, -0.2) is 80.8 Å². The number of quaternary nitrogens is 1. The number of carbonyl (C=O) groups excluding carboxylic acids is 1. The predicted molar refractivity (Wildman–Crippen MR) is 73.9 cm³/mol. The fraction of sp³-hybridized carbons (Fsp3) is 0.929. The zero-order chi connectivity index (χ0) is 25.5. The van der Waals surface area contributed by atoms with Crippen LogP contribution in [0.2, 0.25) is 0 Å². The average molecular weight is 496 g/mol. The van der Waals surface area contributed by atoms with E-state index >= 15 is 0 Å². The second-order valence-electron chi connectivity index (χ2n) is 7.41. The quantitative estimate of drug-likeness (QED) is 0.258. The zero-order valence-corrected chi connectivity index (χ0v) is 15.8. The maximum absolute atomic E-state index is 13.9. The summed E-state index contributed by atoms with van der Waals surface area (Å²) in [5.41, 5.74) is 0. The van der Waals surface area contributed by atoms with Crippen molar-refractivity contribution in [2.45, 2.75) is 42.5 Å². The third-order valence-electron chi connectivity index (χ3n) is 3.78. The van der Waals surface area contributed by atoms with Crippen LogP contribution in [0.5, 0.6) is 0 Å². The number of halogens is 14. The molecule has 3 nitrogen and oxygen atoms in total. The molecule has 0 heterocycles. The molecule has 0 aliphatic heterocycles. The normalized spacial score (nSPS) is 16.3. The third-order valence-corrected chi connectivity index (χ3v) is 3.78. The Morgan fingerprint density at radius 3 is 1.45 bits per heavy atom. The van der Waals surface area contributed by atoms with Gasteiger partial charge in [-0.25, -0.2) is 0 Å². The summed E-state index contributed by atoms with van der Waals surface area (Å²) in [6, 6.07) is 0. The van der Waals surface area contributed by atoms with E-state index < -0.39 is 61.0 Å². The molecule has 31 heavy (non-hydrogen) atoms. The van der Waals surface area contributed by atoms with Gasteiger partial charge in [0.05, 0.1) is 21.1 Å². The fourth-order valence-corrected chi connectivity index (χ4v) is 1.88. The lowest BCUT2D eigenvalue weighted by molar-refractivity contribution is -0.870. The molecular weight excluding hydrogens is 480 g/mol. The fourth-order valence-electron chi connectivity index (χ4n) is 1.88. The van der Waals surface area contributed by atoms with Crippen molar-refractivity contribution in [2.24, 2.45) is 5.92 Å². The van der Waals surface area contributed by atoms with Gasteiger partial charge in [0, 0.05) is 6.42 Å². The maximum atomic E-state index is 13.9. The van der Waals surface area contributed by atoms with Crippen LogP contribution in [0, 0.1) is 5.92 Å². The Labute approximate surface area is 165 Å². The molecule has 0 spiro atoms. The summed E-state index contributed by atoms with van der Waals surface area (Å²) in [7, 11) is 4.11. The first-order valence-electron chi connectivity index (χ1n) is 7.84. The van der Waals surface area contributed by atoms with Crippen molar-refractivity contribution in [1.82, 2.24) is 0 Å². The summed E-state index contributed by atoms with van der Waals surface area (Å²) >= 11 is 0. The first kappa shape index (κ1) is 29.5. The average Bonchev–Trinajstić information content (AvgIpc) is 2.48. The first-order chi connectivity index (χ1) is 13.2. The maximum Gasteiger partial charge on any atom is 0.459 e. The van der Waals surface area contributed by atoms with Crippen molar-refractivity contribution < 1.29 is 75.5 Å². The van der Waals surface area contributed by atoms with E-state index in [2.05, 4.69) is 4.74 Å². The van der Waals surface area contributed by atoms with Crippen LogP contribution in [0.15, 0.2) is 0 Å². The van der Waals surface area contributed by atoms with Gasteiger partial charge >= 0.3 is 42.0 Å². The Bertz CT molecular complexity index is 632. The Morgan fingerprint density at radius 1 is 0.742 bits per heavy atom. The molecule has 0 fully saturated rings. The predicted octanol–water partition coefficient (Wildman–Crippen LogP) is 4.91. The number of esters is 1. The van der Waals surface area contributed by atoms with E-state index in [1.54, 1.807) is 0 Å². The van der Waals surface area contributed by atoms with Crippen LogP contribution >= 0.6 is 0 Å². The molecule has 17 heteroatoms. The van der Waals surface area contributed by atoms with Gasteiger partial charge in [-0.3, -0.25) is 4.79 Å². The van der Waals surface area contributed by atoms with Gasteiger partial charge in [0.1, 0.15) is 19.1 Å². The summed E-state index contributed by atoms with van der Waals surface area (Å²) < 4.78 is 184. The molecule has 1 atom stereocenters. The topological polar surface area (TPSA) is 26.3 Å². The van der Waals surface area contributed by atoms with Gasteiger partial charge in [-0.1, -0.05) is 0 Å². The van der Waals surface area contributed by atoms with E-state index in [1.165, 1.54) is 21.1 Å².